The molecule has 0 saturated heterocycles. The first-order valence-corrected chi connectivity index (χ1v) is 15.0. The fourth-order valence-corrected chi connectivity index (χ4v) is 4.69. The second-order valence-corrected chi connectivity index (χ2v) is 11.1. The minimum absolute atomic E-state index is 0.368. The van der Waals surface area contributed by atoms with Crippen molar-refractivity contribution in [2.75, 3.05) is 13.7 Å². The Morgan fingerprint density at radius 3 is 2.00 bits per heavy atom. The number of rotatable bonds is 10. The second-order valence-electron chi connectivity index (χ2n) is 10.2. The molecule has 0 saturated carbocycles. The Morgan fingerprint density at radius 2 is 1.39 bits per heavy atom. The number of hydrogen-bond donors (Lipinski definition) is 1. The molecule has 1 heterocycles. The number of pyridine rings is 1. The summed E-state index contributed by atoms with van der Waals surface area (Å²) in [4.78, 5) is 13.8. The SMILES string of the molecule is C=C(/C=C\c1ccc(Cl)cc1C)COc1ccc(C(=C)c2ccc(OCc3ccc4ccc(Cl)cc4n3)cc2)cc1.COC(=O)O. The third-order valence-electron chi connectivity index (χ3n) is 6.83. The van der Waals surface area contributed by atoms with Gasteiger partial charge < -0.3 is 19.3 Å². The van der Waals surface area contributed by atoms with Gasteiger partial charge in [0.15, 0.2) is 0 Å². The Kier molecular flexibility index (Phi) is 12.0. The second kappa shape index (κ2) is 16.3. The first-order chi connectivity index (χ1) is 22.1. The molecule has 0 aliphatic rings. The van der Waals surface area contributed by atoms with Gasteiger partial charge >= 0.3 is 6.16 Å². The van der Waals surface area contributed by atoms with Crippen molar-refractivity contribution in [2.45, 2.75) is 13.5 Å². The molecule has 0 aliphatic heterocycles. The minimum Gasteiger partial charge on any atom is -0.489 e. The molecule has 4 aromatic carbocycles. The molecule has 0 radical (unpaired) electrons. The number of carbonyl (C=O) groups is 1. The highest BCUT2D eigenvalue weighted by Crippen LogP contribution is 2.26. The molecular weight excluding hydrogens is 621 g/mol. The summed E-state index contributed by atoms with van der Waals surface area (Å²) in [6.07, 6.45) is 2.75. The van der Waals surface area contributed by atoms with Gasteiger partial charge in [-0.25, -0.2) is 9.78 Å². The predicted octanol–water partition coefficient (Wildman–Crippen LogP) is 10.4. The van der Waals surface area contributed by atoms with Crippen molar-refractivity contribution >= 4 is 51.9 Å². The van der Waals surface area contributed by atoms with Crippen LogP contribution in [-0.2, 0) is 11.3 Å². The summed E-state index contributed by atoms with van der Waals surface area (Å²) in [6.45, 7) is 11.2. The van der Waals surface area contributed by atoms with Gasteiger partial charge in [-0.05, 0) is 94.9 Å². The number of benzene rings is 4. The summed E-state index contributed by atoms with van der Waals surface area (Å²) in [5, 5.41) is 9.94. The largest absolute Gasteiger partial charge is 0.505 e. The predicted molar refractivity (Wildman–Crippen MR) is 187 cm³/mol. The highest BCUT2D eigenvalue weighted by Gasteiger charge is 2.06. The molecule has 46 heavy (non-hydrogen) atoms. The summed E-state index contributed by atoms with van der Waals surface area (Å²) < 4.78 is 15.6. The number of carboxylic acid groups (broad SMARTS) is 1. The highest BCUT2D eigenvalue weighted by molar-refractivity contribution is 6.31. The van der Waals surface area contributed by atoms with E-state index in [9.17, 15) is 0 Å². The number of nitrogens with zero attached hydrogens (tertiary/aromatic N) is 1. The molecule has 0 aliphatic carbocycles. The van der Waals surface area contributed by atoms with E-state index in [-0.39, 0.29) is 0 Å². The van der Waals surface area contributed by atoms with E-state index in [0.717, 1.165) is 73.6 Å². The molecule has 6 nitrogen and oxygen atoms in total. The summed E-state index contributed by atoms with van der Waals surface area (Å²) >= 11 is 12.1. The first-order valence-electron chi connectivity index (χ1n) is 14.2. The average Bonchev–Trinajstić information content (AvgIpc) is 3.06. The highest BCUT2D eigenvalue weighted by atomic mass is 35.5. The van der Waals surface area contributed by atoms with Crippen LogP contribution < -0.4 is 9.47 Å². The van der Waals surface area contributed by atoms with Crippen LogP contribution in [0.2, 0.25) is 10.0 Å². The Hall–Kier alpha value is -5.04. The monoisotopic (exact) mass is 653 g/mol. The van der Waals surface area contributed by atoms with Crippen LogP contribution in [0.25, 0.3) is 22.6 Å². The van der Waals surface area contributed by atoms with E-state index in [2.05, 4.69) is 22.9 Å². The minimum atomic E-state index is -1.25. The third-order valence-corrected chi connectivity index (χ3v) is 7.30. The number of hydrogen-bond acceptors (Lipinski definition) is 5. The van der Waals surface area contributed by atoms with Crippen LogP contribution >= 0.6 is 23.2 Å². The lowest BCUT2D eigenvalue weighted by atomic mass is 9.99. The molecule has 0 spiro atoms. The van der Waals surface area contributed by atoms with Crippen molar-refractivity contribution in [2.24, 2.45) is 0 Å². The molecule has 1 N–H and O–H groups in total. The van der Waals surface area contributed by atoms with Crippen LogP contribution in [0, 0.1) is 6.92 Å². The molecule has 0 atom stereocenters. The molecule has 5 aromatic rings. The van der Waals surface area contributed by atoms with Crippen LogP contribution in [0.1, 0.15) is 27.9 Å². The maximum absolute atomic E-state index is 9.15. The zero-order chi connectivity index (χ0) is 33.1. The van der Waals surface area contributed by atoms with Crippen LogP contribution in [0.4, 0.5) is 4.79 Å². The van der Waals surface area contributed by atoms with Gasteiger partial charge in [0.2, 0.25) is 0 Å². The molecule has 8 heteroatoms. The molecule has 0 bridgehead atoms. The van der Waals surface area contributed by atoms with Crippen molar-refractivity contribution in [1.29, 1.82) is 0 Å². The van der Waals surface area contributed by atoms with E-state index in [4.69, 9.17) is 42.6 Å². The van der Waals surface area contributed by atoms with Crippen LogP contribution in [-0.4, -0.2) is 30.0 Å². The van der Waals surface area contributed by atoms with Gasteiger partial charge in [-0.3, -0.25) is 0 Å². The summed E-state index contributed by atoms with van der Waals surface area (Å²) in [5.74, 6) is 1.53. The zero-order valence-corrected chi connectivity index (χ0v) is 27.0. The smallest absolute Gasteiger partial charge is 0.489 e. The van der Waals surface area contributed by atoms with Crippen LogP contribution in [0.5, 0.6) is 11.5 Å². The number of aromatic nitrogens is 1. The standard InChI is InChI=1S/C36H29Cl2NO2.C2H4O3/c1-24(4-5-27-6-13-31(37)20-25(27)2)22-40-34-16-9-28(10-17-34)26(3)29-11-18-35(19-12-29)41-23-33-15-8-30-7-14-32(38)21-36(30)39-33;1-5-2(3)4/h4-21H,1,3,22-23H2,2H3;1H3,(H,3,4)/b5-4-;. The molecule has 0 amide bonds. The number of aryl methyl sites for hydroxylation is 1. The molecule has 0 unspecified atom stereocenters. The normalized spacial score (nSPS) is 10.6. The van der Waals surface area contributed by atoms with E-state index in [1.54, 1.807) is 0 Å². The van der Waals surface area contributed by atoms with E-state index in [1.165, 1.54) is 0 Å². The van der Waals surface area contributed by atoms with Gasteiger partial charge in [-0.2, -0.15) is 0 Å². The molecule has 0 fully saturated rings. The maximum Gasteiger partial charge on any atom is 0.505 e. The van der Waals surface area contributed by atoms with Crippen molar-refractivity contribution < 1.29 is 24.1 Å². The van der Waals surface area contributed by atoms with E-state index in [1.807, 2.05) is 116 Å². The van der Waals surface area contributed by atoms with E-state index in [0.29, 0.717) is 18.2 Å². The van der Waals surface area contributed by atoms with Gasteiger partial charge in [-0.1, -0.05) is 91.0 Å². The van der Waals surface area contributed by atoms with Gasteiger partial charge in [0.05, 0.1) is 18.3 Å². The van der Waals surface area contributed by atoms with Crippen molar-refractivity contribution in [3.8, 4) is 11.5 Å². The summed E-state index contributed by atoms with van der Waals surface area (Å²) in [5.41, 5.74) is 7.73. The Bertz CT molecular complexity index is 1870. The summed E-state index contributed by atoms with van der Waals surface area (Å²) in [7, 11) is 1.10. The van der Waals surface area contributed by atoms with Crippen molar-refractivity contribution in [1.82, 2.24) is 4.98 Å². The van der Waals surface area contributed by atoms with Gasteiger partial charge in [0.1, 0.15) is 24.7 Å². The number of methoxy groups -OCH3 is 1. The Morgan fingerprint density at radius 1 is 0.826 bits per heavy atom. The lowest BCUT2D eigenvalue weighted by Gasteiger charge is -2.11. The molecule has 1 aromatic heterocycles. The number of halogens is 2. The first kappa shape index (κ1) is 33.8. The van der Waals surface area contributed by atoms with Crippen LogP contribution in [0.15, 0.2) is 122 Å². The van der Waals surface area contributed by atoms with Gasteiger partial charge in [0.25, 0.3) is 0 Å². The fraction of sp³-hybridized carbons (Fsp3) is 0.105. The van der Waals surface area contributed by atoms with Crippen molar-refractivity contribution in [3.05, 3.63) is 160 Å². The lowest BCUT2D eigenvalue weighted by molar-refractivity contribution is 0.114. The van der Waals surface area contributed by atoms with Crippen LogP contribution in [0.3, 0.4) is 0 Å². The van der Waals surface area contributed by atoms with Gasteiger partial charge in [-0.15, -0.1) is 0 Å². The topological polar surface area (TPSA) is 77.9 Å². The summed E-state index contributed by atoms with van der Waals surface area (Å²) in [6, 6.07) is 31.3. The zero-order valence-electron chi connectivity index (χ0n) is 25.5. The van der Waals surface area contributed by atoms with Gasteiger partial charge in [0, 0.05) is 15.4 Å². The van der Waals surface area contributed by atoms with E-state index >= 15 is 0 Å². The Labute approximate surface area is 278 Å². The van der Waals surface area contributed by atoms with Crippen molar-refractivity contribution in [3.63, 3.8) is 0 Å². The maximum atomic E-state index is 9.15. The number of fused-ring (bicyclic) bond motifs is 1. The average molecular weight is 655 g/mol. The quantitative estimate of drug-likeness (QED) is 0.119. The fourth-order valence-electron chi connectivity index (χ4n) is 4.30. The van der Waals surface area contributed by atoms with E-state index < -0.39 is 6.16 Å². The third kappa shape index (κ3) is 9.99. The Balaban J connectivity index is 0.000000892. The lowest BCUT2D eigenvalue weighted by Crippen LogP contribution is -1.99. The number of ether oxygens (including phenoxy) is 3. The molecule has 234 valence electrons. The molecule has 5 rings (SSSR count). The molecular formula is C38H33Cl2NO5.